The van der Waals surface area contributed by atoms with Crippen molar-refractivity contribution in [1.29, 1.82) is 0 Å². The molecule has 0 saturated heterocycles. The Bertz CT molecular complexity index is 895. The third kappa shape index (κ3) is 2.83. The van der Waals surface area contributed by atoms with Gasteiger partial charge >= 0.3 is 0 Å². The molecule has 0 radical (unpaired) electrons. The highest BCUT2D eigenvalue weighted by molar-refractivity contribution is 5.60. The Balaban J connectivity index is 1.80. The first kappa shape index (κ1) is 18.7. The Morgan fingerprint density at radius 1 is 0.750 bits per heavy atom. The van der Waals surface area contributed by atoms with Crippen LogP contribution >= 0.6 is 0 Å². The van der Waals surface area contributed by atoms with E-state index in [0.29, 0.717) is 17.5 Å². The Morgan fingerprint density at radius 2 is 1.39 bits per heavy atom. The van der Waals surface area contributed by atoms with Crippen molar-refractivity contribution in [2.24, 2.45) is 0 Å². The van der Waals surface area contributed by atoms with E-state index in [-0.39, 0.29) is 0 Å². The van der Waals surface area contributed by atoms with Crippen molar-refractivity contribution in [2.75, 3.05) is 42.1 Å². The molecule has 0 saturated carbocycles. The minimum absolute atomic E-state index is 0.291. The standard InChI is InChI=1S/C22H27NO5/c1-24-18-9-13-6-7-23-12-16-14(8-17(23)15(13)11-19(18)25-2)10-20(26-3)22(28-5)21(16)27-4/h9-11,17H,6-8,12H2,1-5H3/t17-/m0/s1. The van der Waals surface area contributed by atoms with Crippen molar-refractivity contribution < 1.29 is 23.7 Å². The zero-order valence-corrected chi connectivity index (χ0v) is 17.1. The van der Waals surface area contributed by atoms with Crippen LogP contribution in [-0.2, 0) is 19.4 Å². The summed E-state index contributed by atoms with van der Waals surface area (Å²) in [5, 5.41) is 0. The van der Waals surface area contributed by atoms with Gasteiger partial charge in [-0.25, -0.2) is 0 Å². The molecule has 2 aliphatic heterocycles. The molecule has 2 heterocycles. The second kappa shape index (κ2) is 7.43. The van der Waals surface area contributed by atoms with Gasteiger partial charge in [0.1, 0.15) is 0 Å². The first-order chi connectivity index (χ1) is 13.6. The Kier molecular flexibility index (Phi) is 4.98. The molecular weight excluding hydrogens is 358 g/mol. The number of hydrogen-bond acceptors (Lipinski definition) is 6. The predicted molar refractivity (Wildman–Crippen MR) is 106 cm³/mol. The van der Waals surface area contributed by atoms with E-state index in [1.54, 1.807) is 35.5 Å². The lowest BCUT2D eigenvalue weighted by molar-refractivity contribution is 0.156. The highest BCUT2D eigenvalue weighted by atomic mass is 16.5. The summed E-state index contributed by atoms with van der Waals surface area (Å²) in [4.78, 5) is 2.50. The average Bonchev–Trinajstić information content (AvgIpc) is 2.75. The number of ether oxygens (including phenoxy) is 5. The van der Waals surface area contributed by atoms with E-state index in [1.807, 2.05) is 0 Å². The highest BCUT2D eigenvalue weighted by Crippen LogP contribution is 2.48. The molecule has 6 heteroatoms. The molecule has 6 nitrogen and oxygen atoms in total. The van der Waals surface area contributed by atoms with Gasteiger partial charge in [0, 0.05) is 24.7 Å². The maximum absolute atomic E-state index is 5.72. The van der Waals surface area contributed by atoms with Gasteiger partial charge in [-0.2, -0.15) is 0 Å². The first-order valence-corrected chi connectivity index (χ1v) is 9.44. The summed E-state index contributed by atoms with van der Waals surface area (Å²) in [6.45, 7) is 1.81. The molecule has 2 aromatic carbocycles. The monoisotopic (exact) mass is 385 g/mol. The lowest BCUT2D eigenvalue weighted by Crippen LogP contribution is -2.39. The highest BCUT2D eigenvalue weighted by Gasteiger charge is 2.36. The van der Waals surface area contributed by atoms with Crippen LogP contribution in [-0.4, -0.2) is 47.0 Å². The quantitative estimate of drug-likeness (QED) is 0.786. The molecule has 0 aromatic heterocycles. The summed E-state index contributed by atoms with van der Waals surface area (Å²) in [5.41, 5.74) is 5.05. The van der Waals surface area contributed by atoms with E-state index >= 15 is 0 Å². The van der Waals surface area contributed by atoms with Gasteiger partial charge in [-0.1, -0.05) is 0 Å². The number of fused-ring (bicyclic) bond motifs is 4. The topological polar surface area (TPSA) is 49.4 Å². The molecule has 150 valence electrons. The molecule has 0 fully saturated rings. The summed E-state index contributed by atoms with van der Waals surface area (Å²) >= 11 is 0. The van der Waals surface area contributed by atoms with Crippen molar-refractivity contribution in [3.05, 3.63) is 40.5 Å². The molecule has 4 rings (SSSR count). The Hall–Kier alpha value is -2.60. The number of methoxy groups -OCH3 is 5. The molecule has 0 spiro atoms. The first-order valence-electron chi connectivity index (χ1n) is 9.44. The smallest absolute Gasteiger partial charge is 0.203 e. The van der Waals surface area contributed by atoms with Crippen molar-refractivity contribution in [3.8, 4) is 28.7 Å². The van der Waals surface area contributed by atoms with Crippen LogP contribution in [0, 0.1) is 0 Å². The third-order valence-corrected chi connectivity index (χ3v) is 5.91. The minimum Gasteiger partial charge on any atom is -0.493 e. The SMILES string of the molecule is COc1cc2c(cc1OC)[C@@H]1Cc3cc(OC)c(OC)c(OC)c3CN1CC2. The van der Waals surface area contributed by atoms with Gasteiger partial charge in [-0.3, -0.25) is 4.90 Å². The summed E-state index contributed by atoms with van der Waals surface area (Å²) in [7, 11) is 8.36. The zero-order chi connectivity index (χ0) is 19.8. The number of hydrogen-bond donors (Lipinski definition) is 0. The van der Waals surface area contributed by atoms with Crippen LogP contribution in [0.15, 0.2) is 18.2 Å². The minimum atomic E-state index is 0.291. The number of benzene rings is 2. The largest absolute Gasteiger partial charge is 0.493 e. The Labute approximate surface area is 165 Å². The van der Waals surface area contributed by atoms with Gasteiger partial charge in [0.2, 0.25) is 5.75 Å². The predicted octanol–water partition coefficient (Wildman–Crippen LogP) is 3.39. The van der Waals surface area contributed by atoms with Crippen LogP contribution < -0.4 is 23.7 Å². The number of nitrogens with zero attached hydrogens (tertiary/aromatic N) is 1. The van der Waals surface area contributed by atoms with Crippen LogP contribution in [0.4, 0.5) is 0 Å². The fraction of sp³-hybridized carbons (Fsp3) is 0.455. The molecule has 0 N–H and O–H groups in total. The van der Waals surface area contributed by atoms with Gasteiger partial charge in [0.25, 0.3) is 0 Å². The normalized spacial score (nSPS) is 17.8. The fourth-order valence-corrected chi connectivity index (χ4v) is 4.54. The van der Waals surface area contributed by atoms with Gasteiger partial charge in [0.15, 0.2) is 23.0 Å². The molecular formula is C22H27NO5. The zero-order valence-electron chi connectivity index (χ0n) is 17.1. The van der Waals surface area contributed by atoms with Crippen LogP contribution in [0.2, 0.25) is 0 Å². The molecule has 0 aliphatic carbocycles. The van der Waals surface area contributed by atoms with Crippen molar-refractivity contribution in [1.82, 2.24) is 4.90 Å². The molecule has 0 bridgehead atoms. The van der Waals surface area contributed by atoms with Crippen molar-refractivity contribution in [3.63, 3.8) is 0 Å². The molecule has 28 heavy (non-hydrogen) atoms. The van der Waals surface area contributed by atoms with Crippen LogP contribution in [0.25, 0.3) is 0 Å². The van der Waals surface area contributed by atoms with E-state index in [9.17, 15) is 0 Å². The molecule has 1 atom stereocenters. The van der Waals surface area contributed by atoms with Crippen LogP contribution in [0.3, 0.4) is 0 Å². The molecule has 0 unspecified atom stereocenters. The van der Waals surface area contributed by atoms with Crippen molar-refractivity contribution >= 4 is 0 Å². The van der Waals surface area contributed by atoms with E-state index in [2.05, 4.69) is 23.1 Å². The van der Waals surface area contributed by atoms with E-state index in [4.69, 9.17) is 23.7 Å². The van der Waals surface area contributed by atoms with E-state index in [1.165, 1.54) is 22.3 Å². The van der Waals surface area contributed by atoms with Crippen LogP contribution in [0.5, 0.6) is 28.7 Å². The van der Waals surface area contributed by atoms with Gasteiger partial charge in [-0.05, 0) is 47.7 Å². The molecule has 2 aliphatic rings. The van der Waals surface area contributed by atoms with Gasteiger partial charge in [0.05, 0.1) is 35.5 Å². The average molecular weight is 385 g/mol. The maximum Gasteiger partial charge on any atom is 0.203 e. The summed E-state index contributed by atoms with van der Waals surface area (Å²) < 4.78 is 27.9. The third-order valence-electron chi connectivity index (χ3n) is 5.91. The van der Waals surface area contributed by atoms with E-state index < -0.39 is 0 Å². The molecule has 2 aromatic rings. The second-order valence-corrected chi connectivity index (χ2v) is 7.13. The summed E-state index contributed by atoms with van der Waals surface area (Å²) in [5.74, 6) is 3.70. The van der Waals surface area contributed by atoms with Crippen molar-refractivity contribution in [2.45, 2.75) is 25.4 Å². The number of rotatable bonds is 5. The fourth-order valence-electron chi connectivity index (χ4n) is 4.54. The van der Waals surface area contributed by atoms with Crippen LogP contribution in [0.1, 0.15) is 28.3 Å². The lowest BCUT2D eigenvalue weighted by atomic mass is 9.83. The summed E-state index contributed by atoms with van der Waals surface area (Å²) in [6.07, 6.45) is 1.87. The molecule has 0 amide bonds. The lowest BCUT2D eigenvalue weighted by Gasteiger charge is -2.42. The van der Waals surface area contributed by atoms with Gasteiger partial charge in [-0.15, -0.1) is 0 Å². The summed E-state index contributed by atoms with van der Waals surface area (Å²) in [6, 6.07) is 6.63. The van der Waals surface area contributed by atoms with Gasteiger partial charge < -0.3 is 23.7 Å². The Morgan fingerprint density at radius 3 is 2.04 bits per heavy atom. The van der Waals surface area contributed by atoms with E-state index in [0.717, 1.165) is 43.2 Å². The maximum atomic E-state index is 5.72. The second-order valence-electron chi connectivity index (χ2n) is 7.13.